The van der Waals surface area contributed by atoms with E-state index in [1.807, 2.05) is 43.2 Å². The minimum Gasteiger partial charge on any atom is -0.377 e. The van der Waals surface area contributed by atoms with Gasteiger partial charge in [0, 0.05) is 31.9 Å². The number of nitrogens with zero attached hydrogens (tertiary/aromatic N) is 2. The van der Waals surface area contributed by atoms with Crippen molar-refractivity contribution in [2.24, 2.45) is 0 Å². The van der Waals surface area contributed by atoms with E-state index >= 15 is 0 Å². The van der Waals surface area contributed by atoms with Gasteiger partial charge in [-0.15, -0.1) is 0 Å². The van der Waals surface area contributed by atoms with Crippen LogP contribution in [0.2, 0.25) is 0 Å². The highest BCUT2D eigenvalue weighted by Crippen LogP contribution is 2.05. The van der Waals surface area contributed by atoms with Crippen molar-refractivity contribution in [3.8, 4) is 0 Å². The Bertz CT molecular complexity index is 292. The maximum absolute atomic E-state index is 3.50. The fourth-order valence-corrected chi connectivity index (χ4v) is 0.920. The summed E-state index contributed by atoms with van der Waals surface area (Å²) < 4.78 is 1.90. The molecule has 0 fully saturated rings. The van der Waals surface area contributed by atoms with Gasteiger partial charge in [-0.3, -0.25) is 0 Å². The summed E-state index contributed by atoms with van der Waals surface area (Å²) in [4.78, 5) is 2.06. The van der Waals surface area contributed by atoms with Crippen molar-refractivity contribution in [1.82, 2.24) is 0 Å². The van der Waals surface area contributed by atoms with E-state index in [0.717, 1.165) is 0 Å². The SMILES string of the molecule is C=C=C[n+]1ccc(N(C)C)cc1. The zero-order chi connectivity index (χ0) is 8.97. The lowest BCUT2D eigenvalue weighted by Crippen LogP contribution is -2.24. The molecule has 1 aromatic rings. The third kappa shape index (κ3) is 1.97. The van der Waals surface area contributed by atoms with E-state index in [1.165, 1.54) is 5.69 Å². The maximum Gasteiger partial charge on any atom is 0.217 e. The van der Waals surface area contributed by atoms with Gasteiger partial charge in [-0.25, -0.2) is 0 Å². The Morgan fingerprint density at radius 2 is 2.00 bits per heavy atom. The molecule has 0 aliphatic rings. The molecule has 0 bridgehead atoms. The van der Waals surface area contributed by atoms with Crippen molar-refractivity contribution >= 4 is 11.9 Å². The van der Waals surface area contributed by atoms with Crippen LogP contribution in [0.25, 0.3) is 6.20 Å². The first kappa shape index (κ1) is 8.57. The Balaban J connectivity index is 2.92. The summed E-state index contributed by atoms with van der Waals surface area (Å²) in [6.45, 7) is 3.50. The summed E-state index contributed by atoms with van der Waals surface area (Å²) in [6.07, 6.45) is 5.71. The summed E-state index contributed by atoms with van der Waals surface area (Å²) in [6, 6.07) is 4.07. The van der Waals surface area contributed by atoms with Gasteiger partial charge in [0.2, 0.25) is 6.20 Å². The van der Waals surface area contributed by atoms with E-state index < -0.39 is 0 Å². The monoisotopic (exact) mass is 161 g/mol. The number of rotatable bonds is 2. The Labute approximate surface area is 73.1 Å². The maximum atomic E-state index is 3.50. The number of hydrogen-bond donors (Lipinski definition) is 0. The fraction of sp³-hybridized carbons (Fsp3) is 0.200. The highest BCUT2D eigenvalue weighted by molar-refractivity contribution is 5.41. The molecule has 0 aliphatic carbocycles. The molecule has 0 N–H and O–H groups in total. The van der Waals surface area contributed by atoms with E-state index in [-0.39, 0.29) is 0 Å². The van der Waals surface area contributed by atoms with Crippen molar-refractivity contribution in [3.63, 3.8) is 0 Å². The van der Waals surface area contributed by atoms with Crippen molar-refractivity contribution in [1.29, 1.82) is 0 Å². The highest BCUT2D eigenvalue weighted by atomic mass is 15.1. The summed E-state index contributed by atoms with van der Waals surface area (Å²) in [5.41, 5.74) is 3.89. The Morgan fingerprint density at radius 1 is 1.42 bits per heavy atom. The van der Waals surface area contributed by atoms with Gasteiger partial charge in [0.25, 0.3) is 0 Å². The van der Waals surface area contributed by atoms with Gasteiger partial charge < -0.3 is 4.90 Å². The molecular formula is C10H13N2+. The second kappa shape index (κ2) is 3.74. The largest absolute Gasteiger partial charge is 0.377 e. The lowest BCUT2D eigenvalue weighted by Gasteiger charge is -2.09. The first-order valence-electron chi connectivity index (χ1n) is 3.78. The van der Waals surface area contributed by atoms with Crippen LogP contribution >= 0.6 is 0 Å². The molecule has 1 aromatic heterocycles. The van der Waals surface area contributed by atoms with Crippen LogP contribution in [-0.4, -0.2) is 14.1 Å². The van der Waals surface area contributed by atoms with E-state index in [2.05, 4.69) is 17.2 Å². The lowest BCUT2D eigenvalue weighted by molar-refractivity contribution is -0.567. The van der Waals surface area contributed by atoms with Gasteiger partial charge in [-0.05, 0) is 0 Å². The van der Waals surface area contributed by atoms with E-state index in [1.54, 1.807) is 6.20 Å². The standard InChI is InChI=1S/C10H13N2/c1-4-7-12-8-5-10(6-9-12)11(2)3/h5-9H,1H2,2-3H3/q+1. The summed E-state index contributed by atoms with van der Waals surface area (Å²) >= 11 is 0. The van der Waals surface area contributed by atoms with Gasteiger partial charge in [0.05, 0.1) is 0 Å². The molecule has 0 aromatic carbocycles. The topological polar surface area (TPSA) is 7.12 Å². The van der Waals surface area contributed by atoms with Gasteiger partial charge in [-0.2, -0.15) is 4.57 Å². The minimum absolute atomic E-state index is 1.18. The summed E-state index contributed by atoms with van der Waals surface area (Å²) in [5.74, 6) is 0. The average Bonchev–Trinajstić information content (AvgIpc) is 2.06. The molecule has 0 radical (unpaired) electrons. The van der Waals surface area contributed by atoms with Crippen molar-refractivity contribution in [2.75, 3.05) is 19.0 Å². The molecule has 0 saturated heterocycles. The van der Waals surface area contributed by atoms with Gasteiger partial charge in [0.15, 0.2) is 12.4 Å². The van der Waals surface area contributed by atoms with E-state index in [9.17, 15) is 0 Å². The van der Waals surface area contributed by atoms with Gasteiger partial charge >= 0.3 is 0 Å². The second-order valence-electron chi connectivity index (χ2n) is 2.73. The zero-order valence-corrected chi connectivity index (χ0v) is 7.49. The van der Waals surface area contributed by atoms with Gasteiger partial charge in [0.1, 0.15) is 0 Å². The number of pyridine rings is 1. The van der Waals surface area contributed by atoms with Crippen molar-refractivity contribution in [2.45, 2.75) is 0 Å². The van der Waals surface area contributed by atoms with Crippen LogP contribution in [-0.2, 0) is 0 Å². The third-order valence-corrected chi connectivity index (χ3v) is 1.59. The smallest absolute Gasteiger partial charge is 0.217 e. The fourth-order valence-electron chi connectivity index (χ4n) is 0.920. The van der Waals surface area contributed by atoms with Crippen molar-refractivity contribution < 1.29 is 4.57 Å². The average molecular weight is 161 g/mol. The van der Waals surface area contributed by atoms with E-state index in [0.29, 0.717) is 0 Å². The van der Waals surface area contributed by atoms with Crippen LogP contribution in [0, 0.1) is 0 Å². The number of anilines is 1. The second-order valence-corrected chi connectivity index (χ2v) is 2.73. The number of aromatic nitrogens is 1. The lowest BCUT2D eigenvalue weighted by atomic mass is 10.4. The molecular weight excluding hydrogens is 148 g/mol. The molecule has 12 heavy (non-hydrogen) atoms. The molecule has 0 unspecified atom stereocenters. The third-order valence-electron chi connectivity index (χ3n) is 1.59. The normalized spacial score (nSPS) is 8.83. The van der Waals surface area contributed by atoms with Crippen LogP contribution in [0.4, 0.5) is 5.69 Å². The molecule has 1 rings (SSSR count). The molecule has 1 heterocycles. The van der Waals surface area contributed by atoms with Crippen LogP contribution in [0.15, 0.2) is 36.8 Å². The van der Waals surface area contributed by atoms with Crippen LogP contribution in [0.1, 0.15) is 0 Å². The Hall–Kier alpha value is -1.53. The van der Waals surface area contributed by atoms with E-state index in [4.69, 9.17) is 0 Å². The molecule has 0 saturated carbocycles. The van der Waals surface area contributed by atoms with Gasteiger partial charge in [-0.1, -0.05) is 12.3 Å². The summed E-state index contributed by atoms with van der Waals surface area (Å²) in [7, 11) is 4.03. The quantitative estimate of drug-likeness (QED) is 0.468. The molecule has 62 valence electrons. The van der Waals surface area contributed by atoms with Crippen LogP contribution in [0.5, 0.6) is 0 Å². The molecule has 2 nitrogen and oxygen atoms in total. The molecule has 0 aliphatic heterocycles. The highest BCUT2D eigenvalue weighted by Gasteiger charge is 1.97. The van der Waals surface area contributed by atoms with Crippen LogP contribution in [0.3, 0.4) is 0 Å². The first-order chi connectivity index (χ1) is 5.74. The molecule has 0 atom stereocenters. The van der Waals surface area contributed by atoms with Crippen molar-refractivity contribution in [3.05, 3.63) is 36.8 Å². The molecule has 0 spiro atoms. The minimum atomic E-state index is 1.18. The Kier molecular flexibility index (Phi) is 2.67. The molecule has 2 heteroatoms. The predicted octanol–water partition coefficient (Wildman–Crippen LogP) is 1.30. The van der Waals surface area contributed by atoms with Crippen LogP contribution < -0.4 is 9.47 Å². The summed E-state index contributed by atoms with van der Waals surface area (Å²) in [5, 5.41) is 0. The predicted molar refractivity (Wildman–Crippen MR) is 50.9 cm³/mol. The zero-order valence-electron chi connectivity index (χ0n) is 7.49. The molecule has 0 amide bonds. The Morgan fingerprint density at radius 3 is 2.42 bits per heavy atom. The first-order valence-corrected chi connectivity index (χ1v) is 3.78. The number of hydrogen-bond acceptors (Lipinski definition) is 1.